The van der Waals surface area contributed by atoms with Crippen LogP contribution in [0.3, 0.4) is 0 Å². The molecule has 1 aliphatic heterocycles. The van der Waals surface area contributed by atoms with Crippen molar-refractivity contribution >= 4 is 104 Å². The molecule has 3 atom stereocenters. The van der Waals surface area contributed by atoms with E-state index in [-0.39, 0.29) is 11.4 Å². The predicted molar refractivity (Wildman–Crippen MR) is 202 cm³/mol. The van der Waals surface area contributed by atoms with Crippen molar-refractivity contribution in [2.75, 3.05) is 0 Å². The van der Waals surface area contributed by atoms with Gasteiger partial charge in [0, 0.05) is 0 Å². The number of nitrogens with zero attached hydrogens (tertiary/aromatic N) is 2. The van der Waals surface area contributed by atoms with E-state index in [0.29, 0.717) is 52.9 Å². The van der Waals surface area contributed by atoms with E-state index in [2.05, 4.69) is 78.5 Å². The molecule has 0 spiro atoms. The molecule has 3 aromatic rings. The van der Waals surface area contributed by atoms with Gasteiger partial charge in [-0.2, -0.15) is 0 Å². The molecule has 45 heavy (non-hydrogen) atoms. The van der Waals surface area contributed by atoms with Crippen LogP contribution in [-0.2, 0) is 0 Å². The Morgan fingerprint density at radius 3 is 2.40 bits per heavy atom. The van der Waals surface area contributed by atoms with Crippen LogP contribution < -0.4 is 26.3 Å². The van der Waals surface area contributed by atoms with E-state index < -0.39 is 22.8 Å². The van der Waals surface area contributed by atoms with Gasteiger partial charge in [-0.25, -0.2) is 0 Å². The number of ether oxygens (including phenoxy) is 1. The summed E-state index contributed by atoms with van der Waals surface area (Å²) in [7, 11) is 7.63. The second-order valence-corrected chi connectivity index (χ2v) is 14.5. The van der Waals surface area contributed by atoms with Crippen LogP contribution in [0.4, 0.5) is 0 Å². The minimum atomic E-state index is -0.995. The fourth-order valence-corrected chi connectivity index (χ4v) is 7.95. The van der Waals surface area contributed by atoms with Gasteiger partial charge in [-0.3, -0.25) is 0 Å². The van der Waals surface area contributed by atoms with Gasteiger partial charge >= 0.3 is 274 Å². The Morgan fingerprint density at radius 2 is 1.73 bits per heavy atom. The molecule has 13 heteroatoms. The molecule has 8 nitrogen and oxygen atoms in total. The van der Waals surface area contributed by atoms with Gasteiger partial charge in [0.05, 0.1) is 0 Å². The monoisotopic (exact) mass is 965 g/mol. The Labute approximate surface area is 299 Å². The number of fused-ring (bicyclic) bond motifs is 2. The molecule has 0 bridgehead atoms. The molecule has 2 aliphatic rings. The normalized spacial score (nSPS) is 14.2. The Kier molecular flexibility index (Phi) is 13.8. The molecule has 3 unspecified atom stereocenters. The molecule has 5 rings (SSSR count). The van der Waals surface area contributed by atoms with Crippen LogP contribution in [0, 0.1) is 11.3 Å². The second kappa shape index (κ2) is 16.6. The average molecular weight is 965 g/mol. The Bertz CT molecular complexity index is 1880. The number of H-pyrrole nitrogens is 1. The van der Waals surface area contributed by atoms with Crippen LogP contribution in [0.1, 0.15) is 58.1 Å². The number of allylic oxidation sites excluding steroid dienone is 6. The summed E-state index contributed by atoms with van der Waals surface area (Å²) in [6.45, 7) is 8.00. The summed E-state index contributed by atoms with van der Waals surface area (Å²) in [6, 6.07) is 10.3. The van der Waals surface area contributed by atoms with E-state index >= 15 is 0 Å². The van der Waals surface area contributed by atoms with E-state index in [1.807, 2.05) is 52.0 Å². The zero-order valence-electron chi connectivity index (χ0n) is 25.3. The number of halogens is 1. The van der Waals surface area contributed by atoms with Gasteiger partial charge in [0.15, 0.2) is 0 Å². The van der Waals surface area contributed by atoms with Crippen molar-refractivity contribution in [1.29, 1.82) is 5.26 Å². The van der Waals surface area contributed by atoms with Crippen LogP contribution in [0.5, 0.6) is 23.0 Å². The van der Waals surface area contributed by atoms with E-state index in [1.165, 1.54) is 5.57 Å². The first kappa shape index (κ1) is 37.4. The maximum atomic E-state index is 12.2. The summed E-state index contributed by atoms with van der Waals surface area (Å²) in [5.74, 6) is -0.948. The quantitative estimate of drug-likeness (QED) is 0.0861. The van der Waals surface area contributed by atoms with Gasteiger partial charge in [0.2, 0.25) is 0 Å². The third-order valence-corrected chi connectivity index (χ3v) is 13.9. The molecule has 4 N–H and O–H groups in total. The number of nitriles is 1. The number of para-hydroxylation sites is 1. The van der Waals surface area contributed by atoms with Crippen molar-refractivity contribution < 1.29 is 20.1 Å². The molecule has 0 saturated carbocycles. The fraction of sp³-hybridized carbons (Fsp3) is 0.219. The summed E-state index contributed by atoms with van der Waals surface area (Å²) >= 11 is 2.59. The summed E-state index contributed by atoms with van der Waals surface area (Å²) in [6.07, 6.45) is 7.15. The third-order valence-electron chi connectivity index (χ3n) is 6.78. The number of aromatic amines is 1. The first-order chi connectivity index (χ1) is 21.5. The molecule has 2 aromatic heterocycles. The molecular weight excluding hydrogens is 931 g/mol. The standard InChI is InChI=1S/C28H22IN3O5P3.2C2H6.Tl/c29-16(9-8-12-5-3-6-14-10-13-4-1-2-7-17(13)37-24(12)14)15(11-30)18-25(38)20(32-28(40)26(18)39)19-21(33)22(34)23(35)27(36)31-19;2*1-2;/h1-2,4,7-8,10,33,35H,3,5-6,38-40H2,(H2,31,34,36);2*1-2H3;/b9-8?,16-15-;;;. The Morgan fingerprint density at radius 1 is 1.07 bits per heavy atom. The number of pyridine rings is 2. The molecule has 0 amide bonds. The molecule has 1 aliphatic carbocycles. The summed E-state index contributed by atoms with van der Waals surface area (Å²) in [5.41, 5.74) is 3.72. The zero-order chi connectivity index (χ0) is 33.6. The number of aromatic hydroxyl groups is 3. The summed E-state index contributed by atoms with van der Waals surface area (Å²) < 4.78 is 8.16. The fourth-order valence-electron chi connectivity index (χ4n) is 4.74. The topological polar surface area (TPSA) is 139 Å². The van der Waals surface area contributed by atoms with E-state index in [1.54, 1.807) is 0 Å². The summed E-state index contributed by atoms with van der Waals surface area (Å²) in [5, 5.41) is 41.8. The van der Waals surface area contributed by atoms with E-state index in [9.17, 15) is 25.4 Å². The van der Waals surface area contributed by atoms with Crippen LogP contribution in [0.2, 0.25) is 0 Å². The van der Waals surface area contributed by atoms with Crippen LogP contribution >= 0.6 is 50.3 Å². The first-order valence-corrected chi connectivity index (χ1v) is 19.3. The van der Waals surface area contributed by atoms with Crippen molar-refractivity contribution in [3.8, 4) is 40.5 Å². The molecule has 0 saturated heterocycles. The molecular formula is C32H34IN3O5P3Tl. The number of nitrogens with one attached hydrogen (secondary N) is 1. The van der Waals surface area contributed by atoms with E-state index in [4.69, 9.17) is 4.74 Å². The first-order valence-electron chi connectivity index (χ1n) is 14.2. The second-order valence-electron chi connectivity index (χ2n) is 9.34. The van der Waals surface area contributed by atoms with Gasteiger partial charge in [-0.15, -0.1) is 0 Å². The van der Waals surface area contributed by atoms with Gasteiger partial charge in [0.25, 0.3) is 0 Å². The molecule has 1 aromatic carbocycles. The van der Waals surface area contributed by atoms with Crippen molar-refractivity contribution in [2.24, 2.45) is 0 Å². The maximum absolute atomic E-state index is 12.2. The van der Waals surface area contributed by atoms with Gasteiger partial charge < -0.3 is 0 Å². The SMILES string of the molecule is CC.CC.N#C/C(=C(I)\[C]([Tl])=C\C1=C2Oc3ccccc3C=C2CCC1)c1c(P)c(P)nc(-c2[nH]c(=O)c(O)c(O)c2O)c1P. The summed E-state index contributed by atoms with van der Waals surface area (Å²) in [4.78, 5) is 19.0. The Hall–Kier alpha value is -2.09. The van der Waals surface area contributed by atoms with Crippen LogP contribution in [0.15, 0.2) is 58.8 Å². The van der Waals surface area contributed by atoms with Gasteiger partial charge in [-0.1, -0.05) is 27.7 Å². The molecule has 232 valence electrons. The van der Waals surface area contributed by atoms with Crippen LogP contribution in [-0.4, -0.2) is 51.1 Å². The number of hydrogen-bond donors (Lipinski definition) is 4. The van der Waals surface area contributed by atoms with Gasteiger partial charge in [-0.05, 0) is 0 Å². The number of aromatic nitrogens is 2. The number of rotatable bonds is 4. The number of hydrogen-bond acceptors (Lipinski definition) is 7. The molecule has 3 heterocycles. The minimum absolute atomic E-state index is 0.130. The molecule has 0 radical (unpaired) electrons. The van der Waals surface area contributed by atoms with Crippen molar-refractivity contribution in [2.45, 2.75) is 47.0 Å². The van der Waals surface area contributed by atoms with Crippen LogP contribution in [0.25, 0.3) is 23.0 Å². The predicted octanol–water partition coefficient (Wildman–Crippen LogP) is 5.74. The van der Waals surface area contributed by atoms with Crippen molar-refractivity contribution in [3.05, 3.63) is 75.4 Å². The van der Waals surface area contributed by atoms with E-state index in [0.717, 1.165) is 48.6 Å². The zero-order valence-corrected chi connectivity index (χ0v) is 35.4. The third kappa shape index (κ3) is 7.73. The number of benzene rings is 1. The van der Waals surface area contributed by atoms with Crippen molar-refractivity contribution in [3.63, 3.8) is 0 Å². The van der Waals surface area contributed by atoms with Crippen molar-refractivity contribution in [1.82, 2.24) is 9.97 Å². The van der Waals surface area contributed by atoms with Gasteiger partial charge in [0.1, 0.15) is 0 Å². The average Bonchev–Trinajstić information content (AvgIpc) is 3.06. The Balaban J connectivity index is 0.00000133. The molecule has 0 fully saturated rings.